The third-order valence-electron chi connectivity index (χ3n) is 4.25. The standard InChI is InChI=1S/C22H26FNO6/c1-14(20(25)24-13-15-6-11-18(27-4)19(12-15)28-5)29-21(26)22(2,3)30-17-9-7-16(23)8-10-17/h6-12,14H,13H2,1-5H3,(H,24,25)/t14-/m0/s1. The van der Waals surface area contributed by atoms with Crippen LogP contribution in [0.3, 0.4) is 0 Å². The van der Waals surface area contributed by atoms with Crippen LogP contribution in [0.4, 0.5) is 4.39 Å². The molecule has 0 aliphatic carbocycles. The predicted octanol–water partition coefficient (Wildman–Crippen LogP) is 3.25. The minimum atomic E-state index is -1.37. The number of amides is 1. The van der Waals surface area contributed by atoms with E-state index in [0.717, 1.165) is 5.56 Å². The number of hydrogen-bond acceptors (Lipinski definition) is 6. The summed E-state index contributed by atoms with van der Waals surface area (Å²) in [6.07, 6.45) is -1.03. The molecule has 0 bridgehead atoms. The summed E-state index contributed by atoms with van der Waals surface area (Å²) in [5.41, 5.74) is -0.574. The van der Waals surface area contributed by atoms with Gasteiger partial charge < -0.3 is 24.3 Å². The Hall–Kier alpha value is -3.29. The molecule has 0 radical (unpaired) electrons. The van der Waals surface area contributed by atoms with Gasteiger partial charge in [-0.2, -0.15) is 0 Å². The van der Waals surface area contributed by atoms with Gasteiger partial charge in [0.1, 0.15) is 11.6 Å². The normalized spacial score (nSPS) is 11.9. The van der Waals surface area contributed by atoms with Gasteiger partial charge in [0.15, 0.2) is 23.2 Å². The van der Waals surface area contributed by atoms with Crippen LogP contribution in [-0.2, 0) is 20.9 Å². The van der Waals surface area contributed by atoms with E-state index < -0.39 is 29.4 Å². The van der Waals surface area contributed by atoms with E-state index in [4.69, 9.17) is 18.9 Å². The lowest BCUT2D eigenvalue weighted by molar-refractivity contribution is -0.167. The van der Waals surface area contributed by atoms with Crippen molar-refractivity contribution >= 4 is 11.9 Å². The van der Waals surface area contributed by atoms with Crippen LogP contribution in [-0.4, -0.2) is 37.8 Å². The molecular formula is C22H26FNO6. The number of esters is 1. The van der Waals surface area contributed by atoms with Gasteiger partial charge in [0, 0.05) is 6.54 Å². The second kappa shape index (κ2) is 9.96. The molecule has 0 spiro atoms. The molecule has 8 heteroatoms. The van der Waals surface area contributed by atoms with Gasteiger partial charge in [-0.25, -0.2) is 9.18 Å². The second-order valence-corrected chi connectivity index (χ2v) is 7.02. The maximum atomic E-state index is 13.0. The molecule has 0 aromatic heterocycles. The SMILES string of the molecule is COc1ccc(CNC(=O)[C@H](C)OC(=O)C(C)(C)Oc2ccc(F)cc2)cc1OC. The number of halogens is 1. The molecule has 1 amide bonds. The zero-order chi connectivity index (χ0) is 22.3. The largest absolute Gasteiger partial charge is 0.493 e. The van der Waals surface area contributed by atoms with Crippen LogP contribution in [0, 0.1) is 5.82 Å². The molecule has 0 saturated carbocycles. The summed E-state index contributed by atoms with van der Waals surface area (Å²) in [6.45, 7) is 4.70. The first kappa shape index (κ1) is 23.0. The Bertz CT molecular complexity index is 882. The molecule has 0 fully saturated rings. The van der Waals surface area contributed by atoms with Crippen molar-refractivity contribution in [3.8, 4) is 17.2 Å². The molecule has 1 N–H and O–H groups in total. The highest BCUT2D eigenvalue weighted by Crippen LogP contribution is 2.27. The third kappa shape index (κ3) is 6.10. The Morgan fingerprint density at radius 2 is 1.67 bits per heavy atom. The quantitative estimate of drug-likeness (QED) is 0.629. The molecule has 2 aromatic rings. The number of benzene rings is 2. The van der Waals surface area contributed by atoms with E-state index in [-0.39, 0.29) is 6.54 Å². The molecule has 30 heavy (non-hydrogen) atoms. The zero-order valence-corrected chi connectivity index (χ0v) is 17.7. The van der Waals surface area contributed by atoms with Crippen LogP contribution in [0.2, 0.25) is 0 Å². The zero-order valence-electron chi connectivity index (χ0n) is 17.7. The fourth-order valence-electron chi connectivity index (χ4n) is 2.52. The van der Waals surface area contributed by atoms with Gasteiger partial charge in [0.25, 0.3) is 5.91 Å². The topological polar surface area (TPSA) is 83.1 Å². The molecule has 2 aromatic carbocycles. The maximum absolute atomic E-state index is 13.0. The second-order valence-electron chi connectivity index (χ2n) is 7.02. The average molecular weight is 419 g/mol. The van der Waals surface area contributed by atoms with Crippen LogP contribution in [0.15, 0.2) is 42.5 Å². The number of ether oxygens (including phenoxy) is 4. The number of methoxy groups -OCH3 is 2. The minimum Gasteiger partial charge on any atom is -0.493 e. The van der Waals surface area contributed by atoms with E-state index in [0.29, 0.717) is 17.2 Å². The average Bonchev–Trinajstić information content (AvgIpc) is 2.73. The van der Waals surface area contributed by atoms with Crippen molar-refractivity contribution in [3.05, 3.63) is 53.8 Å². The van der Waals surface area contributed by atoms with Crippen molar-refractivity contribution in [2.45, 2.75) is 39.0 Å². The minimum absolute atomic E-state index is 0.219. The van der Waals surface area contributed by atoms with Crippen molar-refractivity contribution in [2.75, 3.05) is 14.2 Å². The lowest BCUT2D eigenvalue weighted by Gasteiger charge is -2.26. The molecule has 1 atom stereocenters. The van der Waals surface area contributed by atoms with Crippen LogP contribution in [0.1, 0.15) is 26.3 Å². The number of carbonyl (C=O) groups excluding carboxylic acids is 2. The molecule has 0 aliphatic heterocycles. The van der Waals surface area contributed by atoms with E-state index in [1.54, 1.807) is 18.2 Å². The van der Waals surface area contributed by atoms with E-state index in [1.807, 2.05) is 0 Å². The predicted molar refractivity (Wildman–Crippen MR) is 108 cm³/mol. The van der Waals surface area contributed by atoms with Gasteiger partial charge in [0.2, 0.25) is 0 Å². The van der Waals surface area contributed by atoms with Crippen LogP contribution in [0.5, 0.6) is 17.2 Å². The van der Waals surface area contributed by atoms with Crippen LogP contribution >= 0.6 is 0 Å². The number of nitrogens with one attached hydrogen (secondary N) is 1. The highest BCUT2D eigenvalue weighted by Gasteiger charge is 2.34. The number of rotatable bonds is 9. The Balaban J connectivity index is 1.91. The first-order valence-corrected chi connectivity index (χ1v) is 9.30. The summed E-state index contributed by atoms with van der Waals surface area (Å²) in [6, 6.07) is 10.5. The Labute approximate surface area is 175 Å². The molecule has 0 heterocycles. The molecule has 7 nitrogen and oxygen atoms in total. The van der Waals surface area contributed by atoms with E-state index in [9.17, 15) is 14.0 Å². The summed E-state index contributed by atoms with van der Waals surface area (Å²) in [5.74, 6) is -0.163. The van der Waals surface area contributed by atoms with Crippen molar-refractivity contribution < 1.29 is 32.9 Å². The third-order valence-corrected chi connectivity index (χ3v) is 4.25. The van der Waals surface area contributed by atoms with Gasteiger partial charge in [-0.15, -0.1) is 0 Å². The van der Waals surface area contributed by atoms with Crippen molar-refractivity contribution in [3.63, 3.8) is 0 Å². The van der Waals surface area contributed by atoms with Gasteiger partial charge in [0.05, 0.1) is 14.2 Å². The summed E-state index contributed by atoms with van der Waals surface area (Å²) in [5, 5.41) is 2.71. The first-order chi connectivity index (χ1) is 14.2. The summed E-state index contributed by atoms with van der Waals surface area (Å²) in [4.78, 5) is 24.8. The molecule has 0 unspecified atom stereocenters. The molecule has 162 valence electrons. The fraction of sp³-hybridized carbons (Fsp3) is 0.364. The van der Waals surface area contributed by atoms with Crippen molar-refractivity contribution in [1.82, 2.24) is 5.32 Å². The smallest absolute Gasteiger partial charge is 0.350 e. The first-order valence-electron chi connectivity index (χ1n) is 9.30. The highest BCUT2D eigenvalue weighted by molar-refractivity contribution is 5.86. The van der Waals surface area contributed by atoms with Crippen LogP contribution in [0.25, 0.3) is 0 Å². The van der Waals surface area contributed by atoms with E-state index in [2.05, 4.69) is 5.32 Å². The number of hydrogen-bond donors (Lipinski definition) is 1. The van der Waals surface area contributed by atoms with Gasteiger partial charge in [-0.05, 0) is 62.7 Å². The lowest BCUT2D eigenvalue weighted by atomic mass is 10.1. The number of carbonyl (C=O) groups is 2. The van der Waals surface area contributed by atoms with E-state index in [1.165, 1.54) is 59.3 Å². The molecule has 2 rings (SSSR count). The van der Waals surface area contributed by atoms with Crippen molar-refractivity contribution in [1.29, 1.82) is 0 Å². The molecular weight excluding hydrogens is 393 g/mol. The summed E-state index contributed by atoms with van der Waals surface area (Å²) in [7, 11) is 3.06. The lowest BCUT2D eigenvalue weighted by Crippen LogP contribution is -2.44. The van der Waals surface area contributed by atoms with Crippen LogP contribution < -0.4 is 19.5 Å². The van der Waals surface area contributed by atoms with Gasteiger partial charge in [-0.1, -0.05) is 6.07 Å². The maximum Gasteiger partial charge on any atom is 0.350 e. The highest BCUT2D eigenvalue weighted by atomic mass is 19.1. The monoisotopic (exact) mass is 419 g/mol. The Morgan fingerprint density at radius 3 is 2.27 bits per heavy atom. The molecule has 0 aliphatic rings. The van der Waals surface area contributed by atoms with Gasteiger partial charge in [-0.3, -0.25) is 4.79 Å². The van der Waals surface area contributed by atoms with Crippen molar-refractivity contribution in [2.24, 2.45) is 0 Å². The molecule has 0 saturated heterocycles. The summed E-state index contributed by atoms with van der Waals surface area (Å²) < 4.78 is 34.2. The van der Waals surface area contributed by atoms with Gasteiger partial charge >= 0.3 is 5.97 Å². The summed E-state index contributed by atoms with van der Waals surface area (Å²) >= 11 is 0. The Morgan fingerprint density at radius 1 is 1.03 bits per heavy atom. The fourth-order valence-corrected chi connectivity index (χ4v) is 2.52. The Kier molecular flexibility index (Phi) is 7.63. The van der Waals surface area contributed by atoms with E-state index >= 15 is 0 Å².